The zero-order valence-corrected chi connectivity index (χ0v) is 15.4. The van der Waals surface area contributed by atoms with Crippen LogP contribution in [0.3, 0.4) is 0 Å². The van der Waals surface area contributed by atoms with Crippen molar-refractivity contribution in [1.29, 1.82) is 0 Å². The van der Waals surface area contributed by atoms with Crippen molar-refractivity contribution >= 4 is 46.5 Å². The van der Waals surface area contributed by atoms with Gasteiger partial charge in [0.2, 0.25) is 0 Å². The van der Waals surface area contributed by atoms with Crippen LogP contribution in [0.2, 0.25) is 10.0 Å². The van der Waals surface area contributed by atoms with E-state index in [9.17, 15) is 9.59 Å². The molecule has 10 heteroatoms. The molecular weight excluding hydrogens is 383 g/mol. The average molecular weight is 395 g/mol. The van der Waals surface area contributed by atoms with Crippen molar-refractivity contribution in [2.24, 2.45) is 10.3 Å². The first-order chi connectivity index (χ1) is 12.3. The van der Waals surface area contributed by atoms with Crippen LogP contribution in [-0.2, 0) is 9.63 Å². The summed E-state index contributed by atoms with van der Waals surface area (Å²) in [7, 11) is 1.47. The second-order valence-corrected chi connectivity index (χ2v) is 6.21. The van der Waals surface area contributed by atoms with Crippen LogP contribution in [0, 0.1) is 6.92 Å². The predicted octanol–water partition coefficient (Wildman–Crippen LogP) is 3.32. The molecule has 0 spiro atoms. The minimum Gasteiger partial charge on any atom is -0.360 e. The normalized spacial score (nSPS) is 15.6. The Bertz CT molecular complexity index is 960. The van der Waals surface area contributed by atoms with E-state index in [1.807, 2.05) is 0 Å². The van der Waals surface area contributed by atoms with E-state index in [0.29, 0.717) is 21.3 Å². The molecule has 0 bridgehead atoms. The Kier molecular flexibility index (Phi) is 4.80. The van der Waals surface area contributed by atoms with E-state index in [4.69, 9.17) is 32.6 Å². The minimum absolute atomic E-state index is 0.0118. The maximum absolute atomic E-state index is 12.5. The average Bonchev–Trinajstić information content (AvgIpc) is 3.06. The van der Waals surface area contributed by atoms with Crippen LogP contribution in [0.5, 0.6) is 0 Å². The molecule has 0 fully saturated rings. The SMILES string of the molecule is CC1=NN(C)C(=O)C1=NOC(=O)c1c(-c2c(Cl)cccc2Cl)noc1C. The third-order valence-electron chi connectivity index (χ3n) is 3.63. The third-order valence-corrected chi connectivity index (χ3v) is 4.26. The summed E-state index contributed by atoms with van der Waals surface area (Å²) in [6.45, 7) is 3.11. The number of carbonyl (C=O) groups is 2. The summed E-state index contributed by atoms with van der Waals surface area (Å²) in [4.78, 5) is 29.3. The van der Waals surface area contributed by atoms with Crippen molar-refractivity contribution in [3.8, 4) is 11.3 Å². The molecule has 1 aliphatic heterocycles. The molecule has 0 saturated carbocycles. The maximum Gasteiger partial charge on any atom is 0.371 e. The molecule has 0 saturated heterocycles. The molecule has 1 aromatic heterocycles. The Labute approximate surface area is 158 Å². The van der Waals surface area contributed by atoms with Crippen LogP contribution in [-0.4, -0.2) is 40.5 Å². The van der Waals surface area contributed by atoms with Crippen LogP contribution in [0.25, 0.3) is 11.3 Å². The van der Waals surface area contributed by atoms with Crippen LogP contribution in [0.15, 0.2) is 33.0 Å². The Balaban J connectivity index is 1.96. The van der Waals surface area contributed by atoms with E-state index in [-0.39, 0.29) is 22.7 Å². The number of amides is 1. The smallest absolute Gasteiger partial charge is 0.360 e. The molecule has 3 rings (SSSR count). The molecule has 0 N–H and O–H groups in total. The molecule has 0 unspecified atom stereocenters. The molecule has 0 aliphatic carbocycles. The van der Waals surface area contributed by atoms with Gasteiger partial charge >= 0.3 is 5.97 Å². The summed E-state index contributed by atoms with van der Waals surface area (Å²) < 4.78 is 5.10. The molecule has 26 heavy (non-hydrogen) atoms. The first-order valence-electron chi connectivity index (χ1n) is 7.35. The monoisotopic (exact) mass is 394 g/mol. The van der Waals surface area contributed by atoms with Gasteiger partial charge in [-0.25, -0.2) is 9.80 Å². The van der Waals surface area contributed by atoms with Gasteiger partial charge in [-0.3, -0.25) is 4.79 Å². The Morgan fingerprint density at radius 3 is 2.50 bits per heavy atom. The van der Waals surface area contributed by atoms with E-state index >= 15 is 0 Å². The maximum atomic E-state index is 12.5. The Hall–Kier alpha value is -2.71. The fourth-order valence-corrected chi connectivity index (χ4v) is 2.95. The summed E-state index contributed by atoms with van der Waals surface area (Å²) in [6, 6.07) is 4.87. The molecule has 0 atom stereocenters. The van der Waals surface area contributed by atoms with E-state index in [0.717, 1.165) is 5.01 Å². The van der Waals surface area contributed by atoms with Crippen molar-refractivity contribution in [2.75, 3.05) is 7.05 Å². The molecule has 0 radical (unpaired) electrons. The molecule has 1 aromatic carbocycles. The number of benzene rings is 1. The van der Waals surface area contributed by atoms with Gasteiger partial charge < -0.3 is 9.36 Å². The summed E-state index contributed by atoms with van der Waals surface area (Å²) in [5, 5.41) is 13.1. The van der Waals surface area contributed by atoms with Crippen LogP contribution in [0.1, 0.15) is 23.0 Å². The standard InChI is InChI=1S/C16H12Cl2N4O4/c1-7-13(15(23)22(3)19-7)20-26-16(24)11-8(2)25-21-14(11)12-9(17)5-4-6-10(12)18/h4-6H,1-3H3. The van der Waals surface area contributed by atoms with Crippen molar-refractivity contribution in [2.45, 2.75) is 13.8 Å². The largest absolute Gasteiger partial charge is 0.371 e. The molecular formula is C16H12Cl2N4O4. The highest BCUT2D eigenvalue weighted by Gasteiger charge is 2.30. The zero-order valence-electron chi connectivity index (χ0n) is 13.9. The molecule has 1 amide bonds. The van der Waals surface area contributed by atoms with Gasteiger partial charge in [-0.15, -0.1) is 0 Å². The summed E-state index contributed by atoms with van der Waals surface area (Å²) >= 11 is 12.3. The number of hydrazone groups is 1. The fourth-order valence-electron chi connectivity index (χ4n) is 2.37. The van der Waals surface area contributed by atoms with Gasteiger partial charge in [0.25, 0.3) is 5.91 Å². The van der Waals surface area contributed by atoms with Crippen LogP contribution in [0.4, 0.5) is 0 Å². The van der Waals surface area contributed by atoms with Crippen molar-refractivity contribution in [3.05, 3.63) is 39.6 Å². The molecule has 1 aliphatic rings. The number of oxime groups is 1. The van der Waals surface area contributed by atoms with Gasteiger partial charge in [-0.05, 0) is 26.0 Å². The number of hydrogen-bond acceptors (Lipinski definition) is 7. The highest BCUT2D eigenvalue weighted by atomic mass is 35.5. The van der Waals surface area contributed by atoms with Crippen molar-refractivity contribution in [1.82, 2.24) is 10.2 Å². The number of aryl methyl sites for hydroxylation is 1. The lowest BCUT2D eigenvalue weighted by atomic mass is 10.1. The first kappa shape index (κ1) is 18.1. The van der Waals surface area contributed by atoms with Gasteiger partial charge in [0.1, 0.15) is 17.0 Å². The lowest BCUT2D eigenvalue weighted by Crippen LogP contribution is -2.24. The number of halogens is 2. The highest BCUT2D eigenvalue weighted by molar-refractivity contribution is 6.68. The number of rotatable bonds is 3. The Morgan fingerprint density at radius 2 is 1.92 bits per heavy atom. The molecule has 2 aromatic rings. The lowest BCUT2D eigenvalue weighted by Gasteiger charge is -2.05. The number of hydrogen-bond donors (Lipinski definition) is 0. The van der Waals surface area contributed by atoms with E-state index < -0.39 is 11.9 Å². The number of nitrogens with zero attached hydrogens (tertiary/aromatic N) is 4. The van der Waals surface area contributed by atoms with Gasteiger partial charge in [0, 0.05) is 12.6 Å². The second kappa shape index (κ2) is 6.89. The van der Waals surface area contributed by atoms with Crippen LogP contribution < -0.4 is 0 Å². The second-order valence-electron chi connectivity index (χ2n) is 5.39. The minimum atomic E-state index is -0.864. The molecule has 2 heterocycles. The summed E-state index contributed by atoms with van der Waals surface area (Å²) in [6.07, 6.45) is 0. The van der Waals surface area contributed by atoms with Crippen LogP contribution >= 0.6 is 23.2 Å². The van der Waals surface area contributed by atoms with Gasteiger partial charge in [-0.1, -0.05) is 39.6 Å². The summed E-state index contributed by atoms with van der Waals surface area (Å²) in [5.74, 6) is -1.15. The first-order valence-corrected chi connectivity index (χ1v) is 8.10. The van der Waals surface area contributed by atoms with Crippen molar-refractivity contribution < 1.29 is 18.9 Å². The van der Waals surface area contributed by atoms with E-state index in [1.54, 1.807) is 25.1 Å². The van der Waals surface area contributed by atoms with Crippen molar-refractivity contribution in [3.63, 3.8) is 0 Å². The van der Waals surface area contributed by atoms with Gasteiger partial charge in [-0.2, -0.15) is 5.10 Å². The van der Waals surface area contributed by atoms with Gasteiger partial charge in [0.05, 0.1) is 15.8 Å². The number of aromatic nitrogens is 1. The predicted molar refractivity (Wildman–Crippen MR) is 95.4 cm³/mol. The van der Waals surface area contributed by atoms with E-state index in [2.05, 4.69) is 15.4 Å². The topological polar surface area (TPSA) is 97.4 Å². The van der Waals surface area contributed by atoms with Gasteiger partial charge in [0.15, 0.2) is 5.71 Å². The molecule has 8 nitrogen and oxygen atoms in total. The quantitative estimate of drug-likeness (QED) is 0.587. The lowest BCUT2D eigenvalue weighted by molar-refractivity contribution is -0.122. The fraction of sp³-hybridized carbons (Fsp3) is 0.188. The highest BCUT2D eigenvalue weighted by Crippen LogP contribution is 2.36. The molecule has 134 valence electrons. The van der Waals surface area contributed by atoms with E-state index in [1.165, 1.54) is 14.0 Å². The number of carbonyl (C=O) groups excluding carboxylic acids is 2. The zero-order chi connectivity index (χ0) is 19.0. The summed E-state index contributed by atoms with van der Waals surface area (Å²) in [5.41, 5.74) is 0.747. The Morgan fingerprint density at radius 1 is 1.27 bits per heavy atom. The third kappa shape index (κ3) is 3.09.